The molecule has 1 aromatic heterocycles. The first-order chi connectivity index (χ1) is 9.69. The minimum atomic E-state index is 0.326. The van der Waals surface area contributed by atoms with E-state index in [9.17, 15) is 0 Å². The van der Waals surface area contributed by atoms with E-state index in [4.69, 9.17) is 11.6 Å². The van der Waals surface area contributed by atoms with E-state index in [1.54, 1.807) is 6.20 Å². The molecule has 0 saturated heterocycles. The quantitative estimate of drug-likeness (QED) is 0.871. The van der Waals surface area contributed by atoms with E-state index in [2.05, 4.69) is 34.3 Å². The normalized spacial score (nSPS) is 12.3. The molecule has 0 fully saturated rings. The van der Waals surface area contributed by atoms with Gasteiger partial charge in [0.15, 0.2) is 0 Å². The zero-order chi connectivity index (χ0) is 14.4. The number of aryl methyl sites for hydroxylation is 1. The number of aromatic nitrogens is 2. The molecule has 106 valence electrons. The second-order valence-corrected chi connectivity index (χ2v) is 5.31. The Morgan fingerprint density at radius 2 is 1.95 bits per heavy atom. The minimum absolute atomic E-state index is 0.326. The van der Waals surface area contributed by atoms with Crippen molar-refractivity contribution in [2.45, 2.75) is 39.3 Å². The van der Waals surface area contributed by atoms with Crippen LogP contribution in [0.15, 0.2) is 36.5 Å². The molecule has 1 unspecified atom stereocenters. The molecule has 0 bridgehead atoms. The van der Waals surface area contributed by atoms with Crippen LogP contribution in [-0.2, 0) is 6.54 Å². The Kier molecular flexibility index (Phi) is 5.50. The fraction of sp³-hybridized carbons (Fsp3) is 0.375. The third kappa shape index (κ3) is 4.29. The molecule has 0 spiro atoms. The van der Waals surface area contributed by atoms with Crippen LogP contribution < -0.4 is 5.32 Å². The minimum Gasteiger partial charge on any atom is -0.304 e. The summed E-state index contributed by atoms with van der Waals surface area (Å²) in [6.07, 6.45) is 4.02. The molecule has 0 saturated carbocycles. The average Bonchev–Trinajstić information content (AvgIpc) is 2.44. The summed E-state index contributed by atoms with van der Waals surface area (Å²) in [4.78, 5) is 8.54. The van der Waals surface area contributed by atoms with Gasteiger partial charge in [-0.3, -0.25) is 0 Å². The number of benzene rings is 1. The van der Waals surface area contributed by atoms with Gasteiger partial charge in [-0.15, -0.1) is 0 Å². The van der Waals surface area contributed by atoms with E-state index in [0.29, 0.717) is 6.04 Å². The SMILES string of the molecule is CCCC(NCc1ccnc(C)n1)c1ccc(Cl)cc1. The van der Waals surface area contributed by atoms with Gasteiger partial charge in [-0.05, 0) is 37.1 Å². The smallest absolute Gasteiger partial charge is 0.125 e. The number of hydrogen-bond donors (Lipinski definition) is 1. The Morgan fingerprint density at radius 3 is 2.60 bits per heavy atom. The predicted octanol–water partition coefficient (Wildman–Crippen LogP) is 4.07. The molecule has 1 heterocycles. The van der Waals surface area contributed by atoms with Crippen LogP contribution in [0.5, 0.6) is 0 Å². The summed E-state index contributed by atoms with van der Waals surface area (Å²) in [6, 6.07) is 10.3. The summed E-state index contributed by atoms with van der Waals surface area (Å²) in [5.74, 6) is 0.808. The van der Waals surface area contributed by atoms with Gasteiger partial charge in [-0.2, -0.15) is 0 Å². The van der Waals surface area contributed by atoms with Crippen LogP contribution in [0.3, 0.4) is 0 Å². The van der Waals surface area contributed by atoms with Gasteiger partial charge in [0.05, 0.1) is 5.69 Å². The maximum Gasteiger partial charge on any atom is 0.125 e. The van der Waals surface area contributed by atoms with E-state index < -0.39 is 0 Å². The van der Waals surface area contributed by atoms with Crippen LogP contribution >= 0.6 is 11.6 Å². The van der Waals surface area contributed by atoms with E-state index in [1.165, 1.54) is 5.56 Å². The van der Waals surface area contributed by atoms with Crippen molar-refractivity contribution in [1.29, 1.82) is 0 Å². The van der Waals surface area contributed by atoms with Gasteiger partial charge in [0.25, 0.3) is 0 Å². The summed E-state index contributed by atoms with van der Waals surface area (Å²) in [7, 11) is 0. The van der Waals surface area contributed by atoms with Gasteiger partial charge in [0.2, 0.25) is 0 Å². The van der Waals surface area contributed by atoms with Crippen LogP contribution in [0.2, 0.25) is 5.02 Å². The van der Waals surface area contributed by atoms with Crippen molar-refractivity contribution < 1.29 is 0 Å². The molecular weight excluding hydrogens is 270 g/mol. The first kappa shape index (κ1) is 14.9. The van der Waals surface area contributed by atoms with Crippen LogP contribution in [-0.4, -0.2) is 9.97 Å². The molecule has 2 rings (SSSR count). The number of nitrogens with one attached hydrogen (secondary N) is 1. The standard InChI is InChI=1S/C16H20ClN3/c1-3-4-16(13-5-7-14(17)8-6-13)19-11-15-9-10-18-12(2)20-15/h5-10,16,19H,3-4,11H2,1-2H3. The van der Waals surface area contributed by atoms with E-state index in [-0.39, 0.29) is 0 Å². The first-order valence-electron chi connectivity index (χ1n) is 6.96. The molecule has 0 amide bonds. The monoisotopic (exact) mass is 289 g/mol. The second kappa shape index (κ2) is 7.36. The van der Waals surface area contributed by atoms with Crippen molar-refractivity contribution >= 4 is 11.6 Å². The number of rotatable bonds is 6. The van der Waals surface area contributed by atoms with Crippen LogP contribution in [0.25, 0.3) is 0 Å². The zero-order valence-electron chi connectivity index (χ0n) is 11.9. The van der Waals surface area contributed by atoms with Crippen LogP contribution in [0.4, 0.5) is 0 Å². The summed E-state index contributed by atoms with van der Waals surface area (Å²) >= 11 is 5.95. The molecule has 0 aliphatic carbocycles. The second-order valence-electron chi connectivity index (χ2n) is 4.87. The molecule has 1 aromatic carbocycles. The molecule has 4 heteroatoms. The molecular formula is C16H20ClN3. The van der Waals surface area contributed by atoms with Crippen LogP contribution in [0.1, 0.15) is 42.9 Å². The molecule has 20 heavy (non-hydrogen) atoms. The Morgan fingerprint density at radius 1 is 1.20 bits per heavy atom. The Balaban J connectivity index is 2.04. The first-order valence-corrected chi connectivity index (χ1v) is 7.34. The van der Waals surface area contributed by atoms with E-state index in [1.807, 2.05) is 25.1 Å². The molecule has 2 aromatic rings. The predicted molar refractivity (Wildman–Crippen MR) is 82.7 cm³/mol. The fourth-order valence-corrected chi connectivity index (χ4v) is 2.33. The summed E-state index contributed by atoms with van der Waals surface area (Å²) in [5.41, 5.74) is 2.29. The molecule has 3 nitrogen and oxygen atoms in total. The third-order valence-electron chi connectivity index (χ3n) is 3.21. The van der Waals surface area contributed by atoms with Crippen LogP contribution in [0, 0.1) is 6.92 Å². The molecule has 0 radical (unpaired) electrons. The number of halogens is 1. The number of nitrogens with zero attached hydrogens (tertiary/aromatic N) is 2. The Labute approximate surface area is 125 Å². The van der Waals surface area contributed by atoms with Crippen molar-refractivity contribution in [3.05, 3.63) is 58.6 Å². The van der Waals surface area contributed by atoms with Gasteiger partial charge in [0, 0.05) is 23.8 Å². The highest BCUT2D eigenvalue weighted by Gasteiger charge is 2.10. The lowest BCUT2D eigenvalue weighted by Crippen LogP contribution is -2.21. The van der Waals surface area contributed by atoms with Gasteiger partial charge >= 0.3 is 0 Å². The Bertz CT molecular complexity index is 540. The highest BCUT2D eigenvalue weighted by atomic mass is 35.5. The molecule has 1 atom stereocenters. The number of hydrogen-bond acceptors (Lipinski definition) is 3. The zero-order valence-corrected chi connectivity index (χ0v) is 12.7. The van der Waals surface area contributed by atoms with Gasteiger partial charge in [-0.25, -0.2) is 9.97 Å². The molecule has 1 N–H and O–H groups in total. The van der Waals surface area contributed by atoms with Crippen molar-refractivity contribution in [2.24, 2.45) is 0 Å². The Hall–Kier alpha value is -1.45. The summed E-state index contributed by atoms with van der Waals surface area (Å²) in [6.45, 7) is 4.85. The van der Waals surface area contributed by atoms with Gasteiger partial charge < -0.3 is 5.32 Å². The van der Waals surface area contributed by atoms with Gasteiger partial charge in [0.1, 0.15) is 5.82 Å². The van der Waals surface area contributed by atoms with Crippen molar-refractivity contribution in [3.63, 3.8) is 0 Å². The third-order valence-corrected chi connectivity index (χ3v) is 3.46. The fourth-order valence-electron chi connectivity index (χ4n) is 2.20. The van der Waals surface area contributed by atoms with E-state index >= 15 is 0 Å². The maximum atomic E-state index is 5.95. The average molecular weight is 290 g/mol. The van der Waals surface area contributed by atoms with E-state index in [0.717, 1.165) is 35.9 Å². The molecule has 0 aliphatic rings. The maximum absolute atomic E-state index is 5.95. The summed E-state index contributed by atoms with van der Waals surface area (Å²) in [5, 5.41) is 4.34. The van der Waals surface area contributed by atoms with Gasteiger partial charge in [-0.1, -0.05) is 37.1 Å². The molecule has 0 aliphatic heterocycles. The summed E-state index contributed by atoms with van der Waals surface area (Å²) < 4.78 is 0. The van der Waals surface area contributed by atoms with Crippen molar-refractivity contribution in [3.8, 4) is 0 Å². The lowest BCUT2D eigenvalue weighted by Gasteiger charge is -2.18. The van der Waals surface area contributed by atoms with Crippen molar-refractivity contribution in [1.82, 2.24) is 15.3 Å². The highest BCUT2D eigenvalue weighted by Crippen LogP contribution is 2.21. The largest absolute Gasteiger partial charge is 0.304 e. The topological polar surface area (TPSA) is 37.8 Å². The highest BCUT2D eigenvalue weighted by molar-refractivity contribution is 6.30. The lowest BCUT2D eigenvalue weighted by molar-refractivity contribution is 0.489. The lowest BCUT2D eigenvalue weighted by atomic mass is 10.0. The van der Waals surface area contributed by atoms with Crippen molar-refractivity contribution in [2.75, 3.05) is 0 Å².